The van der Waals surface area contributed by atoms with Gasteiger partial charge >= 0.3 is 0 Å². The van der Waals surface area contributed by atoms with E-state index in [1.54, 1.807) is 11.8 Å². The minimum Gasteiger partial charge on any atom is -0.378 e. The molecule has 1 heterocycles. The molecular weight excluding hydrogens is 294 g/mol. The molecule has 2 amide bonds. The fourth-order valence-corrected chi connectivity index (χ4v) is 2.92. The van der Waals surface area contributed by atoms with Crippen molar-refractivity contribution in [3.63, 3.8) is 0 Å². The number of hydrogen-bond acceptors (Lipinski definition) is 4. The van der Waals surface area contributed by atoms with Gasteiger partial charge in [-0.1, -0.05) is 6.42 Å². The van der Waals surface area contributed by atoms with Crippen molar-refractivity contribution in [2.45, 2.75) is 44.7 Å². The van der Waals surface area contributed by atoms with Crippen molar-refractivity contribution in [2.24, 2.45) is 11.7 Å². The SMILES string of the molecule is CC(NC(=O)C1CCCC(N)C1)C(=O)N1CCOCC1.Cl. The third kappa shape index (κ3) is 5.13. The number of nitrogens with zero attached hydrogens (tertiary/aromatic N) is 1. The first kappa shape index (κ1) is 18.2. The average Bonchev–Trinajstić information content (AvgIpc) is 2.47. The Morgan fingerprint density at radius 3 is 2.57 bits per heavy atom. The number of carbonyl (C=O) groups excluding carboxylic acids is 2. The van der Waals surface area contributed by atoms with Crippen LogP contribution in [0.4, 0.5) is 0 Å². The van der Waals surface area contributed by atoms with E-state index in [1.165, 1.54) is 0 Å². The predicted octanol–water partition coefficient (Wildman–Crippen LogP) is 0.289. The zero-order chi connectivity index (χ0) is 14.5. The molecule has 7 heteroatoms. The number of ether oxygens (including phenoxy) is 1. The lowest BCUT2D eigenvalue weighted by atomic mass is 9.85. The Bertz CT molecular complexity index is 361. The van der Waals surface area contributed by atoms with Crippen LogP contribution in [0.25, 0.3) is 0 Å². The highest BCUT2D eigenvalue weighted by Gasteiger charge is 2.29. The molecule has 3 N–H and O–H groups in total. The number of halogens is 1. The maximum Gasteiger partial charge on any atom is 0.245 e. The molecule has 2 rings (SSSR count). The van der Waals surface area contributed by atoms with Crippen LogP contribution in [0.3, 0.4) is 0 Å². The molecule has 3 atom stereocenters. The zero-order valence-electron chi connectivity index (χ0n) is 12.5. The van der Waals surface area contributed by atoms with Crippen LogP contribution in [0.15, 0.2) is 0 Å². The molecule has 0 aromatic heterocycles. The quantitative estimate of drug-likeness (QED) is 0.783. The number of rotatable bonds is 3. The summed E-state index contributed by atoms with van der Waals surface area (Å²) in [5.41, 5.74) is 5.90. The minimum absolute atomic E-state index is 0. The third-order valence-electron chi connectivity index (χ3n) is 4.14. The second kappa shape index (κ2) is 8.56. The number of hydrogen-bond donors (Lipinski definition) is 2. The van der Waals surface area contributed by atoms with E-state index in [9.17, 15) is 9.59 Å². The largest absolute Gasteiger partial charge is 0.378 e. The first-order valence-corrected chi connectivity index (χ1v) is 7.50. The van der Waals surface area contributed by atoms with Gasteiger partial charge in [-0.15, -0.1) is 12.4 Å². The molecule has 1 aliphatic carbocycles. The van der Waals surface area contributed by atoms with Gasteiger partial charge in [0, 0.05) is 25.0 Å². The number of morpholine rings is 1. The van der Waals surface area contributed by atoms with Crippen LogP contribution in [0, 0.1) is 5.92 Å². The Morgan fingerprint density at radius 1 is 1.29 bits per heavy atom. The molecule has 21 heavy (non-hydrogen) atoms. The highest BCUT2D eigenvalue weighted by molar-refractivity contribution is 5.88. The van der Waals surface area contributed by atoms with Crippen molar-refractivity contribution in [1.29, 1.82) is 0 Å². The fourth-order valence-electron chi connectivity index (χ4n) is 2.92. The van der Waals surface area contributed by atoms with Crippen molar-refractivity contribution in [1.82, 2.24) is 10.2 Å². The van der Waals surface area contributed by atoms with Crippen LogP contribution in [-0.4, -0.2) is 55.1 Å². The molecule has 1 aliphatic heterocycles. The molecule has 1 saturated heterocycles. The second-order valence-electron chi connectivity index (χ2n) is 5.79. The summed E-state index contributed by atoms with van der Waals surface area (Å²) >= 11 is 0. The van der Waals surface area contributed by atoms with Gasteiger partial charge in [-0.3, -0.25) is 9.59 Å². The van der Waals surface area contributed by atoms with Crippen molar-refractivity contribution < 1.29 is 14.3 Å². The molecule has 122 valence electrons. The molecule has 0 radical (unpaired) electrons. The summed E-state index contributed by atoms with van der Waals surface area (Å²) in [7, 11) is 0. The summed E-state index contributed by atoms with van der Waals surface area (Å²) in [5.74, 6) is -0.102. The highest BCUT2D eigenvalue weighted by Crippen LogP contribution is 2.23. The minimum atomic E-state index is -0.473. The summed E-state index contributed by atoms with van der Waals surface area (Å²) in [4.78, 5) is 26.1. The molecule has 2 aliphatic rings. The van der Waals surface area contributed by atoms with E-state index in [1.807, 2.05) is 0 Å². The lowest BCUT2D eigenvalue weighted by molar-refractivity contribution is -0.140. The molecule has 2 fully saturated rings. The molecule has 0 aromatic rings. The lowest BCUT2D eigenvalue weighted by Crippen LogP contribution is -2.52. The van der Waals surface area contributed by atoms with Crippen molar-refractivity contribution >= 4 is 24.2 Å². The number of amides is 2. The number of nitrogens with two attached hydrogens (primary N) is 1. The Morgan fingerprint density at radius 2 is 1.95 bits per heavy atom. The molecule has 6 nitrogen and oxygen atoms in total. The van der Waals surface area contributed by atoms with Gasteiger partial charge in [-0.2, -0.15) is 0 Å². The van der Waals surface area contributed by atoms with Crippen molar-refractivity contribution in [3.8, 4) is 0 Å². The van der Waals surface area contributed by atoms with E-state index in [0.29, 0.717) is 26.3 Å². The van der Waals surface area contributed by atoms with Gasteiger partial charge < -0.3 is 20.7 Å². The van der Waals surface area contributed by atoms with E-state index < -0.39 is 6.04 Å². The Balaban J connectivity index is 0.00000220. The molecule has 0 spiro atoms. The summed E-state index contributed by atoms with van der Waals surface area (Å²) in [5, 5.41) is 2.84. The number of nitrogens with one attached hydrogen (secondary N) is 1. The average molecular weight is 320 g/mol. The summed E-state index contributed by atoms with van der Waals surface area (Å²) < 4.78 is 5.22. The third-order valence-corrected chi connectivity index (χ3v) is 4.14. The van der Waals surface area contributed by atoms with Gasteiger partial charge in [0.15, 0.2) is 0 Å². The second-order valence-corrected chi connectivity index (χ2v) is 5.79. The fraction of sp³-hybridized carbons (Fsp3) is 0.857. The monoisotopic (exact) mass is 319 g/mol. The van der Waals surface area contributed by atoms with Crippen LogP contribution >= 0.6 is 12.4 Å². The Hall–Kier alpha value is -0.850. The molecular formula is C14H26ClN3O3. The van der Waals surface area contributed by atoms with Crippen molar-refractivity contribution in [3.05, 3.63) is 0 Å². The van der Waals surface area contributed by atoms with Crippen LogP contribution < -0.4 is 11.1 Å². The first-order chi connectivity index (χ1) is 9.58. The van der Waals surface area contributed by atoms with Gasteiger partial charge in [0.2, 0.25) is 11.8 Å². The van der Waals surface area contributed by atoms with E-state index >= 15 is 0 Å². The lowest BCUT2D eigenvalue weighted by Gasteiger charge is -2.31. The van der Waals surface area contributed by atoms with Crippen molar-refractivity contribution in [2.75, 3.05) is 26.3 Å². The zero-order valence-corrected chi connectivity index (χ0v) is 13.4. The van der Waals surface area contributed by atoms with E-state index in [2.05, 4.69) is 5.32 Å². The summed E-state index contributed by atoms with van der Waals surface area (Å²) in [6, 6.07) is -0.358. The maximum atomic E-state index is 12.2. The van der Waals surface area contributed by atoms with Gasteiger partial charge in [0.1, 0.15) is 6.04 Å². The predicted molar refractivity (Wildman–Crippen MR) is 82.2 cm³/mol. The summed E-state index contributed by atoms with van der Waals surface area (Å²) in [6.07, 6.45) is 3.58. The highest BCUT2D eigenvalue weighted by atomic mass is 35.5. The Kier molecular flexibility index (Phi) is 7.42. The Labute approximate surface area is 132 Å². The maximum absolute atomic E-state index is 12.2. The molecule has 1 saturated carbocycles. The topological polar surface area (TPSA) is 84.7 Å². The van der Waals surface area contributed by atoms with Crippen LogP contribution in [0.1, 0.15) is 32.6 Å². The van der Waals surface area contributed by atoms with Crippen LogP contribution in [-0.2, 0) is 14.3 Å². The van der Waals surface area contributed by atoms with Gasteiger partial charge in [-0.25, -0.2) is 0 Å². The first-order valence-electron chi connectivity index (χ1n) is 7.50. The molecule has 0 aromatic carbocycles. The molecule has 3 unspecified atom stereocenters. The van der Waals surface area contributed by atoms with Crippen LogP contribution in [0.5, 0.6) is 0 Å². The smallest absolute Gasteiger partial charge is 0.245 e. The normalized spacial score (nSPS) is 27.4. The van der Waals surface area contributed by atoms with Gasteiger partial charge in [-0.05, 0) is 26.2 Å². The van der Waals surface area contributed by atoms with Gasteiger partial charge in [0.05, 0.1) is 13.2 Å². The van der Waals surface area contributed by atoms with E-state index in [-0.39, 0.29) is 36.2 Å². The molecule has 0 bridgehead atoms. The van der Waals surface area contributed by atoms with E-state index in [0.717, 1.165) is 25.7 Å². The number of carbonyl (C=O) groups is 2. The van der Waals surface area contributed by atoms with Gasteiger partial charge in [0.25, 0.3) is 0 Å². The summed E-state index contributed by atoms with van der Waals surface area (Å²) in [6.45, 7) is 4.10. The van der Waals surface area contributed by atoms with E-state index in [4.69, 9.17) is 10.5 Å². The standard InChI is InChI=1S/C14H25N3O3.ClH/c1-10(14(19)17-5-7-20-8-6-17)16-13(18)11-3-2-4-12(15)9-11;/h10-12H,2-9,15H2,1H3,(H,16,18);1H. The van der Waals surface area contributed by atoms with Crippen LogP contribution in [0.2, 0.25) is 0 Å².